The van der Waals surface area contributed by atoms with Gasteiger partial charge in [-0.2, -0.15) is 0 Å². The molecule has 17 nitrogen and oxygen atoms in total. The molecule has 2 aliphatic heterocycles. The highest BCUT2D eigenvalue weighted by Gasteiger charge is 2.34. The summed E-state index contributed by atoms with van der Waals surface area (Å²) in [6.07, 6.45) is 11.6. The number of nitrogens with one attached hydrogen (secondary N) is 3. The quantitative estimate of drug-likeness (QED) is 0.0694. The number of rotatable bonds is 15. The Labute approximate surface area is 382 Å². The van der Waals surface area contributed by atoms with E-state index < -0.39 is 11.8 Å². The van der Waals surface area contributed by atoms with Gasteiger partial charge in [0, 0.05) is 76.6 Å². The van der Waals surface area contributed by atoms with E-state index in [0.717, 1.165) is 29.3 Å². The number of carbonyl (C=O) groups excluding carboxylic acids is 5. The fourth-order valence-electron chi connectivity index (χ4n) is 8.68. The molecule has 66 heavy (non-hydrogen) atoms. The molecule has 0 aliphatic carbocycles. The molecule has 4 amide bonds. The highest BCUT2D eigenvalue weighted by atomic mass is 16.5. The lowest BCUT2D eigenvalue weighted by molar-refractivity contribution is -0.116. The second-order valence-electron chi connectivity index (χ2n) is 17.6. The molecule has 0 saturated carbocycles. The van der Waals surface area contributed by atoms with E-state index in [1.54, 1.807) is 82.7 Å². The second-order valence-corrected chi connectivity index (χ2v) is 17.6. The second kappa shape index (κ2) is 18.1. The van der Waals surface area contributed by atoms with Gasteiger partial charge in [-0.15, -0.1) is 0 Å². The summed E-state index contributed by atoms with van der Waals surface area (Å²) in [5.41, 5.74) is 5.36. The van der Waals surface area contributed by atoms with Crippen molar-refractivity contribution in [3.8, 4) is 11.5 Å². The van der Waals surface area contributed by atoms with Gasteiger partial charge >= 0.3 is 0 Å². The molecule has 1 atom stereocenters. The minimum atomic E-state index is -0.555. The molecule has 342 valence electrons. The first-order valence-electron chi connectivity index (χ1n) is 21.8. The van der Waals surface area contributed by atoms with Crippen molar-refractivity contribution in [2.24, 2.45) is 26.1 Å². The number of nitrogens with zero attached hydrogens (tertiary/aromatic N) is 7. The average Bonchev–Trinajstić information content (AvgIpc) is 4.10. The van der Waals surface area contributed by atoms with Crippen LogP contribution in [0.1, 0.15) is 100 Å². The Morgan fingerprint density at radius 1 is 0.879 bits per heavy atom. The Balaban J connectivity index is 0.837. The third-order valence-electron chi connectivity index (χ3n) is 12.1. The van der Waals surface area contributed by atoms with Gasteiger partial charge in [-0.1, -0.05) is 45.4 Å². The Morgan fingerprint density at radius 3 is 2.35 bits per heavy atom. The van der Waals surface area contributed by atoms with E-state index in [1.165, 1.54) is 29.5 Å². The Bertz CT molecular complexity index is 2960. The summed E-state index contributed by atoms with van der Waals surface area (Å²) in [5, 5.41) is 9.36. The van der Waals surface area contributed by atoms with Gasteiger partial charge < -0.3 is 44.0 Å². The zero-order valence-corrected chi connectivity index (χ0v) is 38.2. The van der Waals surface area contributed by atoms with Crippen LogP contribution in [0.4, 0.5) is 22.9 Å². The highest BCUT2D eigenvalue weighted by molar-refractivity contribution is 6.08. The van der Waals surface area contributed by atoms with Crippen molar-refractivity contribution in [1.82, 2.24) is 28.2 Å². The summed E-state index contributed by atoms with van der Waals surface area (Å²) in [6, 6.07) is 14.5. The van der Waals surface area contributed by atoms with E-state index in [0.29, 0.717) is 59.2 Å². The number of aryl methyl sites for hydroxylation is 3. The van der Waals surface area contributed by atoms with Crippen molar-refractivity contribution in [3.63, 3.8) is 0 Å². The fourth-order valence-corrected chi connectivity index (χ4v) is 8.68. The highest BCUT2D eigenvalue weighted by Crippen LogP contribution is 2.39. The van der Waals surface area contributed by atoms with Crippen LogP contribution >= 0.6 is 0 Å². The zero-order chi connectivity index (χ0) is 47.0. The van der Waals surface area contributed by atoms with Crippen LogP contribution in [-0.4, -0.2) is 90.2 Å². The molecule has 8 rings (SSSR count). The third kappa shape index (κ3) is 9.01. The summed E-state index contributed by atoms with van der Waals surface area (Å²) < 4.78 is 17.9. The molecule has 1 fully saturated rings. The van der Waals surface area contributed by atoms with Crippen molar-refractivity contribution in [1.29, 1.82) is 0 Å². The molecule has 0 unspecified atom stereocenters. The maximum Gasteiger partial charge on any atom is 0.291 e. The maximum atomic E-state index is 13.8. The molecule has 0 radical (unpaired) electrons. The number of benzene rings is 2. The number of aromatic nitrogens is 5. The van der Waals surface area contributed by atoms with E-state index in [4.69, 9.17) is 9.47 Å². The first kappa shape index (κ1) is 44.9. The number of ether oxygens (including phenoxy) is 2. The summed E-state index contributed by atoms with van der Waals surface area (Å²) in [4.78, 5) is 77.4. The van der Waals surface area contributed by atoms with Crippen molar-refractivity contribution in [3.05, 3.63) is 114 Å². The normalized spacial score (nSPS) is 14.5. The molecular weight excluding hydrogens is 841 g/mol. The molecule has 2 aromatic carbocycles. The largest absolute Gasteiger partial charge is 0.493 e. The van der Waals surface area contributed by atoms with Gasteiger partial charge in [-0.05, 0) is 66.6 Å². The van der Waals surface area contributed by atoms with Crippen molar-refractivity contribution < 1.29 is 33.4 Å². The van der Waals surface area contributed by atoms with Crippen molar-refractivity contribution >= 4 is 69.5 Å². The van der Waals surface area contributed by atoms with Crippen molar-refractivity contribution in [2.45, 2.75) is 64.3 Å². The predicted molar refractivity (Wildman–Crippen MR) is 253 cm³/mol. The van der Waals surface area contributed by atoms with Crippen LogP contribution in [-0.2, 0) is 31.4 Å². The Hall–Kier alpha value is -7.69. The number of anilines is 3. The number of methoxy groups -OCH3 is 1. The van der Waals surface area contributed by atoms with Gasteiger partial charge in [0.15, 0.2) is 17.3 Å². The van der Waals surface area contributed by atoms with E-state index in [1.807, 2.05) is 12.1 Å². The van der Waals surface area contributed by atoms with Crippen LogP contribution in [0.25, 0.3) is 10.9 Å². The predicted octanol–water partition coefficient (Wildman–Crippen LogP) is 7.62. The average molecular weight is 895 g/mol. The maximum absolute atomic E-state index is 13.8. The third-order valence-corrected chi connectivity index (χ3v) is 12.1. The number of carbonyl (C=O) groups is 5. The van der Waals surface area contributed by atoms with Gasteiger partial charge in [-0.3, -0.25) is 33.5 Å². The van der Waals surface area contributed by atoms with Crippen LogP contribution < -0.4 is 25.4 Å². The molecule has 6 aromatic rings. The van der Waals surface area contributed by atoms with E-state index >= 15 is 0 Å². The van der Waals surface area contributed by atoms with Gasteiger partial charge in [0.25, 0.3) is 23.6 Å². The summed E-state index contributed by atoms with van der Waals surface area (Å²) in [5.74, 6) is -0.708. The summed E-state index contributed by atoms with van der Waals surface area (Å²) in [7, 11) is 6.55. The fraction of sp³-hybridized carbons (Fsp3) is 0.327. The molecule has 1 saturated heterocycles. The van der Waals surface area contributed by atoms with Gasteiger partial charge in [0.05, 0.1) is 47.9 Å². The van der Waals surface area contributed by atoms with Gasteiger partial charge in [-0.25, -0.2) is 4.98 Å². The SMILES string of the molecule is C=C1C[C@H]2C=Nc3cc(OCCCC(=O)Nc4cn(C)c(C(=O)Nc5cc(C(=O)Nc6cc(C(=O)n7ccc8cc(C(C)(C)CCC)ccc87)n(C)c6)n(C)c5)n4)c(OC)cc3C(=O)N2C1. The van der Waals surface area contributed by atoms with E-state index in [9.17, 15) is 24.0 Å². The number of aliphatic imine (C=N–C) groups is 1. The Kier molecular flexibility index (Phi) is 12.3. The lowest BCUT2D eigenvalue weighted by Crippen LogP contribution is -2.35. The molecule has 17 heteroatoms. The number of imidazole rings is 1. The summed E-state index contributed by atoms with van der Waals surface area (Å²) in [6.45, 7) is 11.3. The van der Waals surface area contributed by atoms with E-state index in [-0.39, 0.29) is 59.5 Å². The molecule has 2 aliphatic rings. The first-order valence-corrected chi connectivity index (χ1v) is 21.8. The lowest BCUT2D eigenvalue weighted by Gasteiger charge is -2.24. The minimum absolute atomic E-state index is 0.0218. The first-order chi connectivity index (χ1) is 31.5. The van der Waals surface area contributed by atoms with E-state index in [2.05, 4.69) is 65.4 Å². The number of hydrogen-bond donors (Lipinski definition) is 3. The lowest BCUT2D eigenvalue weighted by atomic mass is 9.80. The monoisotopic (exact) mass is 894 g/mol. The standard InChI is InChI=1S/C49H54N10O7/c1-9-15-49(3,4)31-12-13-37-30(19-31)14-16-58(37)48(64)39-21-33(27-56(39)6)51-45(61)38-20-32(26-55(38)5)52-46(62)44-54-42(28-57(44)7)53-43(60)11-10-17-66-41-23-36-35(22-40(41)65-8)47(63)59-25-29(2)18-34(59)24-50-36/h12-14,16,19-24,26-28,34H,2,9-11,15,17-18,25H2,1,3-8H3,(H,51,61)(H,52,62)(H,53,60)/t34-/m0/s1. The molecule has 0 bridgehead atoms. The number of hydrogen-bond acceptors (Lipinski definition) is 9. The van der Waals surface area contributed by atoms with Crippen LogP contribution in [0.5, 0.6) is 11.5 Å². The topological polar surface area (TPSA) is 188 Å². The molecule has 3 N–H and O–H groups in total. The molecule has 6 heterocycles. The van der Waals surface area contributed by atoms with Gasteiger partial charge in [0.1, 0.15) is 11.4 Å². The van der Waals surface area contributed by atoms with Crippen LogP contribution in [0, 0.1) is 0 Å². The number of amides is 4. The smallest absolute Gasteiger partial charge is 0.291 e. The molecular formula is C49H54N10O7. The molecule has 4 aromatic heterocycles. The van der Waals surface area contributed by atoms with Crippen LogP contribution in [0.3, 0.4) is 0 Å². The van der Waals surface area contributed by atoms with Crippen LogP contribution in [0.2, 0.25) is 0 Å². The van der Waals surface area contributed by atoms with Crippen LogP contribution in [0.15, 0.2) is 90.5 Å². The van der Waals surface area contributed by atoms with Gasteiger partial charge in [0.2, 0.25) is 11.7 Å². The molecule has 0 spiro atoms. The number of fused-ring (bicyclic) bond motifs is 3. The Morgan fingerprint density at radius 2 is 1.61 bits per heavy atom. The minimum Gasteiger partial charge on any atom is -0.493 e. The van der Waals surface area contributed by atoms with Crippen molar-refractivity contribution in [2.75, 3.05) is 36.2 Å². The zero-order valence-electron chi connectivity index (χ0n) is 38.2. The summed E-state index contributed by atoms with van der Waals surface area (Å²) >= 11 is 0.